The molecule has 1 atom stereocenters. The fourth-order valence-corrected chi connectivity index (χ4v) is 3.64. The molecule has 2 rings (SSSR count). The van der Waals surface area contributed by atoms with Gasteiger partial charge in [-0.1, -0.05) is 41.8 Å². The maximum Gasteiger partial charge on any atom is 0.0772 e. The zero-order chi connectivity index (χ0) is 13.8. The molecular formula is C16H24BrNO. The average molecular weight is 326 g/mol. The molecule has 106 valence electrons. The van der Waals surface area contributed by atoms with E-state index in [1.54, 1.807) is 6.92 Å². The summed E-state index contributed by atoms with van der Waals surface area (Å²) in [4.78, 5) is 2.46. The third-order valence-corrected chi connectivity index (χ3v) is 4.80. The lowest BCUT2D eigenvalue weighted by Crippen LogP contribution is -2.33. The van der Waals surface area contributed by atoms with Crippen LogP contribution in [-0.2, 0) is 0 Å². The summed E-state index contributed by atoms with van der Waals surface area (Å²) in [7, 11) is 0. The van der Waals surface area contributed by atoms with Crippen molar-refractivity contribution in [1.29, 1.82) is 0 Å². The van der Waals surface area contributed by atoms with E-state index in [1.807, 2.05) is 6.07 Å². The fraction of sp³-hybridized carbons (Fsp3) is 0.625. The molecule has 1 aromatic carbocycles. The lowest BCUT2D eigenvalue weighted by atomic mass is 9.92. The molecule has 0 saturated carbocycles. The number of aliphatic hydroxyl groups excluding tert-OH is 1. The van der Waals surface area contributed by atoms with E-state index < -0.39 is 6.10 Å². The van der Waals surface area contributed by atoms with Crippen LogP contribution in [0, 0.1) is 5.92 Å². The van der Waals surface area contributed by atoms with Gasteiger partial charge in [0.25, 0.3) is 0 Å². The van der Waals surface area contributed by atoms with Crippen molar-refractivity contribution in [3.8, 4) is 0 Å². The van der Waals surface area contributed by atoms with Crippen molar-refractivity contribution < 1.29 is 5.11 Å². The summed E-state index contributed by atoms with van der Waals surface area (Å²) in [6.07, 6.45) is 4.88. The minimum Gasteiger partial charge on any atom is -0.389 e. The Kier molecular flexibility index (Phi) is 5.28. The Labute approximate surface area is 124 Å². The average Bonchev–Trinajstić information content (AvgIpc) is 2.39. The highest BCUT2D eigenvalue weighted by atomic mass is 79.9. The monoisotopic (exact) mass is 325 g/mol. The number of hydrogen-bond acceptors (Lipinski definition) is 2. The summed E-state index contributed by atoms with van der Waals surface area (Å²) >= 11 is 3.56. The van der Waals surface area contributed by atoms with Crippen LogP contribution in [0.5, 0.6) is 0 Å². The standard InChI is InChI=1S/C16H24BrNO/c1-3-4-13-7-9-18(10-8-13)14-5-6-15(12(2)19)16(17)11-14/h5-6,11-13,19H,3-4,7-10H2,1-2H3. The Hall–Kier alpha value is -0.540. The molecule has 1 unspecified atom stereocenters. The number of benzene rings is 1. The summed E-state index contributed by atoms with van der Waals surface area (Å²) in [5.74, 6) is 0.918. The highest BCUT2D eigenvalue weighted by Gasteiger charge is 2.19. The number of hydrogen-bond donors (Lipinski definition) is 1. The maximum atomic E-state index is 9.66. The smallest absolute Gasteiger partial charge is 0.0772 e. The Morgan fingerprint density at radius 3 is 2.58 bits per heavy atom. The van der Waals surface area contributed by atoms with E-state index in [9.17, 15) is 5.11 Å². The van der Waals surface area contributed by atoms with Gasteiger partial charge in [-0.05, 0) is 43.4 Å². The van der Waals surface area contributed by atoms with Crippen LogP contribution < -0.4 is 4.90 Å². The maximum absolute atomic E-state index is 9.66. The Bertz CT molecular complexity index is 411. The number of nitrogens with zero attached hydrogens (tertiary/aromatic N) is 1. The van der Waals surface area contributed by atoms with E-state index in [2.05, 4.69) is 39.9 Å². The highest BCUT2D eigenvalue weighted by Crippen LogP contribution is 2.31. The summed E-state index contributed by atoms with van der Waals surface area (Å²) in [6, 6.07) is 6.30. The molecule has 1 N–H and O–H groups in total. The molecule has 0 radical (unpaired) electrons. The van der Waals surface area contributed by atoms with Gasteiger partial charge in [0.15, 0.2) is 0 Å². The molecule has 1 heterocycles. The normalized spacial score (nSPS) is 18.6. The predicted molar refractivity (Wildman–Crippen MR) is 84.6 cm³/mol. The van der Waals surface area contributed by atoms with E-state index >= 15 is 0 Å². The molecule has 1 fully saturated rings. The Morgan fingerprint density at radius 2 is 2.05 bits per heavy atom. The summed E-state index contributed by atoms with van der Waals surface area (Å²) in [5, 5.41) is 9.66. The van der Waals surface area contributed by atoms with Gasteiger partial charge in [0.1, 0.15) is 0 Å². The molecule has 1 aliphatic rings. The number of piperidine rings is 1. The van der Waals surface area contributed by atoms with Gasteiger partial charge in [0, 0.05) is 23.2 Å². The second-order valence-electron chi connectivity index (χ2n) is 5.60. The molecule has 0 spiro atoms. The van der Waals surface area contributed by atoms with E-state index in [0.29, 0.717) is 0 Å². The van der Waals surface area contributed by atoms with Gasteiger partial charge in [0.2, 0.25) is 0 Å². The van der Waals surface area contributed by atoms with Crippen molar-refractivity contribution in [1.82, 2.24) is 0 Å². The van der Waals surface area contributed by atoms with Gasteiger partial charge < -0.3 is 10.0 Å². The number of rotatable bonds is 4. The molecule has 19 heavy (non-hydrogen) atoms. The highest BCUT2D eigenvalue weighted by molar-refractivity contribution is 9.10. The molecule has 1 saturated heterocycles. The van der Waals surface area contributed by atoms with Crippen LogP contribution >= 0.6 is 15.9 Å². The van der Waals surface area contributed by atoms with Gasteiger partial charge >= 0.3 is 0 Å². The summed E-state index contributed by atoms with van der Waals surface area (Å²) in [5.41, 5.74) is 2.23. The lowest BCUT2D eigenvalue weighted by Gasteiger charge is -2.34. The van der Waals surface area contributed by atoms with Gasteiger partial charge in [0.05, 0.1) is 6.10 Å². The van der Waals surface area contributed by atoms with E-state index in [-0.39, 0.29) is 0 Å². The molecule has 0 bridgehead atoms. The third-order valence-electron chi connectivity index (χ3n) is 4.11. The van der Waals surface area contributed by atoms with Crippen molar-refractivity contribution >= 4 is 21.6 Å². The molecule has 0 amide bonds. The SMILES string of the molecule is CCCC1CCN(c2ccc(C(C)O)c(Br)c2)CC1. The first-order chi connectivity index (χ1) is 9.11. The quantitative estimate of drug-likeness (QED) is 0.879. The van der Waals surface area contributed by atoms with Crippen molar-refractivity contribution in [2.24, 2.45) is 5.92 Å². The number of halogens is 1. The van der Waals surface area contributed by atoms with Gasteiger partial charge in [-0.2, -0.15) is 0 Å². The molecule has 0 aliphatic carbocycles. The van der Waals surface area contributed by atoms with Crippen molar-refractivity contribution in [3.05, 3.63) is 28.2 Å². The second-order valence-corrected chi connectivity index (χ2v) is 6.46. The largest absolute Gasteiger partial charge is 0.389 e. The van der Waals surface area contributed by atoms with Crippen LogP contribution in [0.1, 0.15) is 51.2 Å². The first-order valence-corrected chi connectivity index (χ1v) is 8.13. The topological polar surface area (TPSA) is 23.5 Å². The van der Waals surface area contributed by atoms with Crippen LogP contribution in [0.3, 0.4) is 0 Å². The minimum absolute atomic E-state index is 0.418. The number of aliphatic hydroxyl groups is 1. The number of anilines is 1. The first kappa shape index (κ1) is 14.9. The molecule has 1 aliphatic heterocycles. The van der Waals surface area contributed by atoms with Crippen LogP contribution in [0.2, 0.25) is 0 Å². The van der Waals surface area contributed by atoms with Gasteiger partial charge in [-0.15, -0.1) is 0 Å². The van der Waals surface area contributed by atoms with E-state index in [1.165, 1.54) is 31.4 Å². The predicted octanol–water partition coefficient (Wildman–Crippen LogP) is 4.52. The molecule has 3 heteroatoms. The molecule has 1 aromatic rings. The zero-order valence-electron chi connectivity index (χ0n) is 11.9. The molecular weight excluding hydrogens is 302 g/mol. The second kappa shape index (κ2) is 6.76. The van der Waals surface area contributed by atoms with Gasteiger partial charge in [-0.25, -0.2) is 0 Å². The summed E-state index contributed by atoms with van der Waals surface area (Å²) < 4.78 is 1.01. The van der Waals surface area contributed by atoms with Crippen LogP contribution in [0.15, 0.2) is 22.7 Å². The van der Waals surface area contributed by atoms with E-state index in [0.717, 1.165) is 29.0 Å². The summed E-state index contributed by atoms with van der Waals surface area (Å²) in [6.45, 7) is 6.39. The zero-order valence-corrected chi connectivity index (χ0v) is 13.5. The molecule has 0 aromatic heterocycles. The van der Waals surface area contributed by atoms with Crippen LogP contribution in [0.25, 0.3) is 0 Å². The molecule has 2 nitrogen and oxygen atoms in total. The Morgan fingerprint density at radius 1 is 1.37 bits per heavy atom. The van der Waals surface area contributed by atoms with Crippen molar-refractivity contribution in [2.75, 3.05) is 18.0 Å². The van der Waals surface area contributed by atoms with Crippen LogP contribution in [-0.4, -0.2) is 18.2 Å². The van der Waals surface area contributed by atoms with Crippen LogP contribution in [0.4, 0.5) is 5.69 Å². The lowest BCUT2D eigenvalue weighted by molar-refractivity contribution is 0.198. The van der Waals surface area contributed by atoms with Crippen molar-refractivity contribution in [3.63, 3.8) is 0 Å². The first-order valence-electron chi connectivity index (χ1n) is 7.34. The van der Waals surface area contributed by atoms with Crippen molar-refractivity contribution in [2.45, 2.75) is 45.6 Å². The minimum atomic E-state index is -0.418. The third kappa shape index (κ3) is 3.73. The van der Waals surface area contributed by atoms with Gasteiger partial charge in [-0.3, -0.25) is 0 Å². The Balaban J connectivity index is 2.02. The fourth-order valence-electron chi connectivity index (χ4n) is 2.94. The van der Waals surface area contributed by atoms with E-state index in [4.69, 9.17) is 0 Å².